The summed E-state index contributed by atoms with van der Waals surface area (Å²) in [6.45, 7) is 31.2. The SMILES string of the molecule is CC1(C)OB(c2ccc(B3OC(C)(C)C(C)(C)O3)s2)OC1(C)C.CCCCCCCCC(CCCCCC)CN1C(=O)C2=C(c3ncc(-c4ccc(C)s4)s3)N(CC(CCCCCC)CCCCCCCC)C(=O)C2=C1c1ccc(C)s1. The van der Waals surface area contributed by atoms with E-state index in [1.165, 1.54) is 143 Å². The van der Waals surface area contributed by atoms with Gasteiger partial charge >= 0.3 is 14.2 Å². The molecule has 4 aromatic heterocycles. The number of thiazole rings is 1. The molecule has 8 heterocycles. The molecule has 0 radical (unpaired) electrons. The Morgan fingerprint density at radius 3 is 1.18 bits per heavy atom. The summed E-state index contributed by atoms with van der Waals surface area (Å²) in [6, 6.07) is 12.7. The van der Waals surface area contributed by atoms with Crippen molar-refractivity contribution in [1.29, 1.82) is 0 Å². The minimum atomic E-state index is -0.332. The number of carbonyl (C=O) groups is 2. The van der Waals surface area contributed by atoms with Crippen LogP contribution in [0.3, 0.4) is 0 Å². The lowest BCUT2D eigenvalue weighted by atomic mass is 9.86. The molecule has 2 fully saturated rings. The molecule has 4 aliphatic rings. The fourth-order valence-electron chi connectivity index (χ4n) is 11.7. The van der Waals surface area contributed by atoms with Gasteiger partial charge in [-0.2, -0.15) is 11.3 Å². The minimum absolute atomic E-state index is 0.00699. The maximum Gasteiger partial charge on any atom is 0.505 e. The predicted molar refractivity (Wildman–Crippen MR) is 353 cm³/mol. The Kier molecular flexibility index (Phi) is 24.9. The molecule has 0 saturated carbocycles. The van der Waals surface area contributed by atoms with Crippen molar-refractivity contribution >= 4 is 92.3 Å². The van der Waals surface area contributed by atoms with Gasteiger partial charge in [0.25, 0.3) is 11.8 Å². The first-order valence-electron chi connectivity index (χ1n) is 32.2. The summed E-state index contributed by atoms with van der Waals surface area (Å²) in [7, 11) is -0.664. The number of hydrogen-bond donors (Lipinski definition) is 0. The van der Waals surface area contributed by atoms with Gasteiger partial charge in [0.15, 0.2) is 0 Å². The van der Waals surface area contributed by atoms with E-state index in [4.69, 9.17) is 23.6 Å². The highest BCUT2D eigenvalue weighted by Gasteiger charge is 2.55. The molecule has 8 rings (SSSR count). The van der Waals surface area contributed by atoms with Gasteiger partial charge in [-0.15, -0.1) is 34.0 Å². The topological polar surface area (TPSA) is 90.4 Å². The van der Waals surface area contributed by atoms with Crippen molar-refractivity contribution in [2.75, 3.05) is 13.1 Å². The molecule has 4 aliphatic heterocycles. The summed E-state index contributed by atoms with van der Waals surface area (Å²) in [5.74, 6) is 0.811. The van der Waals surface area contributed by atoms with Crippen LogP contribution >= 0.6 is 45.3 Å². The number of aromatic nitrogens is 1. The molecular weight excluding hydrogens is 1090 g/mol. The lowest BCUT2D eigenvalue weighted by molar-refractivity contribution is -0.124. The molecule has 2 saturated heterocycles. The van der Waals surface area contributed by atoms with Crippen LogP contribution in [-0.4, -0.2) is 76.3 Å². The second-order valence-electron chi connectivity index (χ2n) is 26.1. The van der Waals surface area contributed by atoms with Gasteiger partial charge in [-0.05, 0) is 131 Å². The Bertz CT molecular complexity index is 2650. The molecule has 2 atom stereocenters. The Labute approximate surface area is 513 Å². The van der Waals surface area contributed by atoms with E-state index in [2.05, 4.69) is 126 Å². The summed E-state index contributed by atoms with van der Waals surface area (Å²) in [5.41, 5.74) is 1.55. The third kappa shape index (κ3) is 16.8. The van der Waals surface area contributed by atoms with E-state index < -0.39 is 0 Å². The average molecular weight is 1200 g/mol. The van der Waals surface area contributed by atoms with E-state index >= 15 is 9.59 Å². The zero-order valence-corrected chi connectivity index (χ0v) is 56.4. The van der Waals surface area contributed by atoms with Gasteiger partial charge < -0.3 is 28.4 Å². The number of hydrogen-bond acceptors (Lipinski definition) is 11. The van der Waals surface area contributed by atoms with Crippen molar-refractivity contribution in [3.8, 4) is 9.75 Å². The van der Waals surface area contributed by atoms with E-state index in [1.54, 1.807) is 45.3 Å². The van der Waals surface area contributed by atoms with Crippen molar-refractivity contribution in [2.24, 2.45) is 11.8 Å². The predicted octanol–water partition coefficient (Wildman–Crippen LogP) is 18.4. The van der Waals surface area contributed by atoms with Crippen LogP contribution in [0.25, 0.3) is 21.1 Å². The van der Waals surface area contributed by atoms with Crippen molar-refractivity contribution in [1.82, 2.24) is 14.8 Å². The highest BCUT2D eigenvalue weighted by atomic mass is 32.1. The highest BCUT2D eigenvalue weighted by molar-refractivity contribution is 7.30. The Hall–Kier alpha value is -2.88. The van der Waals surface area contributed by atoms with Crippen LogP contribution in [0.5, 0.6) is 0 Å². The van der Waals surface area contributed by atoms with Crippen LogP contribution in [0.4, 0.5) is 0 Å². The fraction of sp³-hybridized carbons (Fsp3) is 0.687. The van der Waals surface area contributed by atoms with Crippen LogP contribution in [0.15, 0.2) is 53.7 Å². The molecule has 452 valence electrons. The number of thiophene rings is 3. The first-order valence-corrected chi connectivity index (χ1v) is 35.5. The molecule has 0 bridgehead atoms. The van der Waals surface area contributed by atoms with Crippen LogP contribution in [-0.2, 0) is 28.2 Å². The third-order valence-corrected chi connectivity index (χ3v) is 22.5. The smallest absolute Gasteiger partial charge is 0.399 e. The standard InChI is InChI=1S/C51H77N3O2S3.C16H26B2O4S/c1-7-11-15-19-21-25-29-40(27-23-17-13-9-3)36-53-47(43-34-32-39(6)58-43)45-46(51(53)56)48(49-52-35-44(59-49)42-33-31-38(5)57-42)54(50(45)55)37-41(28-24-18-14-10-4)30-26-22-20-16-12-8-2;1-13(2)14(3,4)20-17(19-13)11-9-10-12(23-11)18-21-15(5,6)16(7,8)22-18/h31-35,40-41H,7-30,36-37H2,1-6H3;9-10H,1-8H3. The van der Waals surface area contributed by atoms with E-state index in [9.17, 15) is 0 Å². The molecule has 0 spiro atoms. The quantitative estimate of drug-likeness (QED) is 0.0347. The van der Waals surface area contributed by atoms with E-state index in [1.807, 2.05) is 23.2 Å². The summed E-state index contributed by atoms with van der Waals surface area (Å²) in [6.07, 6.45) is 31.6. The molecule has 0 N–H and O–H groups in total. The Morgan fingerprint density at radius 1 is 0.439 bits per heavy atom. The van der Waals surface area contributed by atoms with E-state index in [0.29, 0.717) is 36.1 Å². The highest BCUT2D eigenvalue weighted by Crippen LogP contribution is 2.50. The monoisotopic (exact) mass is 1200 g/mol. The lowest BCUT2D eigenvalue weighted by Gasteiger charge is -2.32. The first kappa shape index (κ1) is 66.6. The third-order valence-electron chi connectivity index (χ3n) is 18.2. The van der Waals surface area contributed by atoms with Crippen LogP contribution in [0.2, 0.25) is 0 Å². The van der Waals surface area contributed by atoms with Gasteiger partial charge in [0, 0.05) is 43.5 Å². The summed E-state index contributed by atoms with van der Waals surface area (Å²) >= 11 is 6.76. The van der Waals surface area contributed by atoms with Gasteiger partial charge in [-0.3, -0.25) is 9.59 Å². The number of fused-ring (bicyclic) bond motifs is 1. The summed E-state index contributed by atoms with van der Waals surface area (Å²) in [4.78, 5) is 45.6. The van der Waals surface area contributed by atoms with E-state index in [-0.39, 0.29) is 48.5 Å². The maximum absolute atomic E-state index is 15.4. The lowest BCUT2D eigenvalue weighted by Crippen LogP contribution is -2.41. The minimum Gasteiger partial charge on any atom is -0.399 e. The molecule has 9 nitrogen and oxygen atoms in total. The van der Waals surface area contributed by atoms with Gasteiger partial charge in [0.05, 0.1) is 54.7 Å². The van der Waals surface area contributed by atoms with Crippen molar-refractivity contribution in [3.05, 3.63) is 73.4 Å². The number of rotatable bonds is 33. The normalized spacial score (nSPS) is 18.9. The zero-order chi connectivity index (χ0) is 59.2. The van der Waals surface area contributed by atoms with Crippen LogP contribution < -0.4 is 9.55 Å². The second-order valence-corrected chi connectivity index (χ2v) is 30.8. The summed E-state index contributed by atoms with van der Waals surface area (Å²) in [5, 5.41) is 0.800. The molecule has 2 amide bonds. The summed E-state index contributed by atoms with van der Waals surface area (Å²) < 4.78 is 26.6. The van der Waals surface area contributed by atoms with Gasteiger partial charge in [0.1, 0.15) is 5.01 Å². The second kappa shape index (κ2) is 30.7. The van der Waals surface area contributed by atoms with E-state index in [0.717, 1.165) is 61.4 Å². The van der Waals surface area contributed by atoms with Crippen molar-refractivity contribution in [3.63, 3.8) is 0 Å². The molecule has 0 aliphatic carbocycles. The average Bonchev–Trinajstić information content (AvgIpc) is 4.44. The number of aryl methyl sites for hydroxylation is 2. The zero-order valence-electron chi connectivity index (χ0n) is 53.2. The number of unbranched alkanes of at least 4 members (excludes halogenated alkanes) is 16. The Morgan fingerprint density at radius 2 is 0.793 bits per heavy atom. The molecule has 2 unspecified atom stereocenters. The van der Waals surface area contributed by atoms with Crippen LogP contribution in [0.1, 0.15) is 257 Å². The van der Waals surface area contributed by atoms with Gasteiger partial charge in [-0.1, -0.05) is 168 Å². The molecular formula is C67H103B2N3O6S4. The van der Waals surface area contributed by atoms with Gasteiger partial charge in [-0.25, -0.2) is 4.98 Å². The Balaban J connectivity index is 0.000000348. The first-order chi connectivity index (χ1) is 39.1. The molecule has 15 heteroatoms. The van der Waals surface area contributed by atoms with Crippen molar-refractivity contribution in [2.45, 2.75) is 273 Å². The van der Waals surface area contributed by atoms with Crippen LogP contribution in [0, 0.1) is 25.7 Å². The number of carbonyl (C=O) groups excluding carboxylic acids is 2. The molecule has 0 aromatic carbocycles. The number of amides is 2. The largest absolute Gasteiger partial charge is 0.505 e. The fourth-order valence-corrected chi connectivity index (χ4v) is 15.5. The molecule has 82 heavy (non-hydrogen) atoms. The van der Waals surface area contributed by atoms with Gasteiger partial charge in [0.2, 0.25) is 0 Å². The maximum atomic E-state index is 15.4. The molecule has 4 aromatic rings. The number of nitrogens with zero attached hydrogens (tertiary/aromatic N) is 3. The van der Waals surface area contributed by atoms with Crippen molar-refractivity contribution < 1.29 is 28.2 Å².